The molecule has 0 aromatic heterocycles. The van der Waals surface area contributed by atoms with E-state index < -0.39 is 14.5 Å². The monoisotopic (exact) mass is 1420 g/mol. The summed E-state index contributed by atoms with van der Waals surface area (Å²) in [5, 5.41) is 0. The van der Waals surface area contributed by atoms with Gasteiger partial charge in [-0.25, -0.2) is 0 Å². The van der Waals surface area contributed by atoms with Crippen LogP contribution in [0.3, 0.4) is 0 Å². The van der Waals surface area contributed by atoms with E-state index in [2.05, 4.69) is 53.8 Å². The molecule has 578 valence electrons. The van der Waals surface area contributed by atoms with Crippen LogP contribution in [-0.4, -0.2) is 52.3 Å². The lowest BCUT2D eigenvalue weighted by Crippen LogP contribution is -3.00. The summed E-state index contributed by atoms with van der Waals surface area (Å²) in [5.41, 5.74) is 0. The quantitative estimate of drug-likeness (QED) is 0.0421. The summed E-state index contributed by atoms with van der Waals surface area (Å²) < 4.78 is 0. The first-order valence-electron chi connectivity index (χ1n) is 45.2. The topological polar surface area (TPSA) is 0 Å². The minimum absolute atomic E-state index is 0. The Morgan fingerprint density at radius 3 is 0.232 bits per heavy atom. The molecule has 0 bridgehead atoms. The normalized spacial score (nSPS) is 11.7. The zero-order valence-electron chi connectivity index (χ0n) is 68.3. The minimum atomic E-state index is -0.523. The molecule has 0 heterocycles. The van der Waals surface area contributed by atoms with Crippen molar-refractivity contribution < 1.29 is 24.8 Å². The van der Waals surface area contributed by atoms with Crippen LogP contribution in [0.5, 0.6) is 0 Å². The number of halogens is 2. The Hall–Kier alpha value is 1.44. The van der Waals surface area contributed by atoms with Crippen molar-refractivity contribution in [1.29, 1.82) is 0 Å². The van der Waals surface area contributed by atoms with Gasteiger partial charge in [0.05, 0.1) is 12.3 Å². The molecular formula is C91H190Cl2P2. The van der Waals surface area contributed by atoms with Gasteiger partial charge in [0.25, 0.3) is 0 Å². The van der Waals surface area contributed by atoms with Crippen LogP contribution in [0.2, 0.25) is 0 Å². The zero-order chi connectivity index (χ0) is 67.7. The maximum absolute atomic E-state index is 2.48. The highest BCUT2D eigenvalue weighted by molar-refractivity contribution is 7.74. The van der Waals surface area contributed by atoms with Crippen molar-refractivity contribution >= 4 is 14.5 Å². The lowest BCUT2D eigenvalue weighted by atomic mass is 10.0. The zero-order valence-corrected chi connectivity index (χ0v) is 71.6. The molecule has 0 aliphatic rings. The second kappa shape index (κ2) is 91.5. The number of hydrogen-bond donors (Lipinski definition) is 0. The van der Waals surface area contributed by atoms with Gasteiger partial charge in [0.15, 0.2) is 0 Å². The standard InChI is InChI=1S/C46H96P.C45H94P.2ClH/c1-5-6-7-8-9-10-11-12-13-14-15-16-17-18-19-20-21-22-23-24-25-26-27-28-29-30-31-32-33-34-35-36-37-38-39-40-41-42-43-44-45-46-47(2,3)4;1-5-6-7-8-9-10-11-12-13-14-15-16-17-18-19-20-21-22-23-24-25-26-27-28-29-30-31-32-33-34-35-36-37-38-39-40-41-42-43-44-45-46(2,3)4;;/h5-46H2,1-4H3;5-45H2,1-4H3;2*1H/q2*+1;;/p-2. The Morgan fingerprint density at radius 2 is 0.168 bits per heavy atom. The van der Waals surface area contributed by atoms with Gasteiger partial charge in [-0.05, 0) is 25.7 Å². The molecule has 95 heavy (non-hydrogen) atoms. The van der Waals surface area contributed by atoms with Gasteiger partial charge in [-0.3, -0.25) is 0 Å². The maximum Gasteiger partial charge on any atom is 0.0586 e. The van der Waals surface area contributed by atoms with Gasteiger partial charge in [0.1, 0.15) is 0 Å². The van der Waals surface area contributed by atoms with E-state index in [4.69, 9.17) is 0 Å². The SMILES string of the molecule is CCCCCCCCCCCCCCCCCCCCCCCCCCCCCCCCCCCCCCCCCCC[P+](C)(C)C.CCCCCCCCCCCCCCCCCCCCCCCCCCCCCCCCCCCCCCCCCC[P+](C)(C)C.[Cl-].[Cl-]. The lowest BCUT2D eigenvalue weighted by molar-refractivity contribution is -0.001000. The summed E-state index contributed by atoms with van der Waals surface area (Å²) in [5.74, 6) is 0. The lowest BCUT2D eigenvalue weighted by Gasteiger charge is -2.10. The van der Waals surface area contributed by atoms with E-state index in [0.29, 0.717) is 0 Å². The summed E-state index contributed by atoms with van der Waals surface area (Å²) in [7, 11) is -1.05. The Labute approximate surface area is 621 Å². The average molecular weight is 1420 g/mol. The minimum Gasteiger partial charge on any atom is -1.00 e. The van der Waals surface area contributed by atoms with Crippen molar-refractivity contribution in [3.05, 3.63) is 0 Å². The van der Waals surface area contributed by atoms with E-state index in [9.17, 15) is 0 Å². The average Bonchev–Trinajstić information content (AvgIpc) is 3.75. The first kappa shape index (κ1) is 103. The number of hydrogen-bond acceptors (Lipinski definition) is 0. The molecule has 0 rings (SSSR count). The van der Waals surface area contributed by atoms with Gasteiger partial charge in [-0.1, -0.05) is 508 Å². The number of rotatable bonds is 83. The van der Waals surface area contributed by atoms with Crippen LogP contribution in [-0.2, 0) is 0 Å². The van der Waals surface area contributed by atoms with E-state index in [-0.39, 0.29) is 24.8 Å². The van der Waals surface area contributed by atoms with Crippen molar-refractivity contribution in [3.8, 4) is 0 Å². The third-order valence-electron chi connectivity index (χ3n) is 21.6. The Morgan fingerprint density at radius 1 is 0.105 bits per heavy atom. The van der Waals surface area contributed by atoms with Crippen molar-refractivity contribution in [3.63, 3.8) is 0 Å². The van der Waals surface area contributed by atoms with Gasteiger partial charge in [-0.15, -0.1) is 0 Å². The van der Waals surface area contributed by atoms with Crippen molar-refractivity contribution in [1.82, 2.24) is 0 Å². The molecule has 4 heteroatoms. The highest BCUT2D eigenvalue weighted by atomic mass is 35.5. The summed E-state index contributed by atoms with van der Waals surface area (Å²) in [6.07, 6.45) is 124. The third-order valence-corrected chi connectivity index (χ3v) is 24.9. The van der Waals surface area contributed by atoms with Gasteiger partial charge in [0, 0.05) is 54.5 Å². The summed E-state index contributed by atoms with van der Waals surface area (Å²) >= 11 is 0. The molecule has 0 saturated carbocycles. The Kier molecular flexibility index (Phi) is 99.0. The second-order valence-electron chi connectivity index (χ2n) is 34.0. The van der Waals surface area contributed by atoms with E-state index in [1.165, 1.54) is 532 Å². The fraction of sp³-hybridized carbons (Fsp3) is 1.00. The van der Waals surface area contributed by atoms with E-state index in [1.807, 2.05) is 0 Å². The molecule has 0 aliphatic heterocycles. The van der Waals surface area contributed by atoms with Crippen LogP contribution < -0.4 is 24.8 Å². The molecule has 0 saturated heterocycles. The predicted octanol–water partition coefficient (Wildman–Crippen LogP) is 29.4. The van der Waals surface area contributed by atoms with Crippen LogP contribution in [0.4, 0.5) is 0 Å². The van der Waals surface area contributed by atoms with Crippen LogP contribution in [0, 0.1) is 0 Å². The molecule has 0 radical (unpaired) electrons. The second-order valence-corrected chi connectivity index (χ2v) is 44.0. The van der Waals surface area contributed by atoms with E-state index in [0.717, 1.165) is 0 Å². The summed E-state index contributed by atoms with van der Waals surface area (Å²) in [4.78, 5) is 0. The van der Waals surface area contributed by atoms with Gasteiger partial charge >= 0.3 is 0 Å². The molecule has 0 unspecified atom stereocenters. The van der Waals surface area contributed by atoms with Gasteiger partial charge in [-0.2, -0.15) is 0 Å². The van der Waals surface area contributed by atoms with Crippen LogP contribution in [0.25, 0.3) is 0 Å². The highest BCUT2D eigenvalue weighted by Gasteiger charge is 2.16. The maximum atomic E-state index is 2.48. The molecular weight excluding hydrogens is 1230 g/mol. The van der Waals surface area contributed by atoms with Crippen molar-refractivity contribution in [2.75, 3.05) is 52.3 Å². The first-order valence-corrected chi connectivity index (χ1v) is 51.9. The molecule has 0 spiro atoms. The van der Waals surface area contributed by atoms with Crippen LogP contribution >= 0.6 is 14.5 Å². The van der Waals surface area contributed by atoms with Crippen LogP contribution in [0.15, 0.2) is 0 Å². The van der Waals surface area contributed by atoms with E-state index >= 15 is 0 Å². The number of unbranched alkanes of at least 4 members (excludes halogenated alkanes) is 79. The first-order chi connectivity index (χ1) is 45.6. The van der Waals surface area contributed by atoms with Crippen molar-refractivity contribution in [2.45, 2.75) is 534 Å². The molecule has 0 aromatic carbocycles. The summed E-state index contributed by atoms with van der Waals surface area (Å²) in [6.45, 7) is 19.5. The predicted molar refractivity (Wildman–Crippen MR) is 444 cm³/mol. The molecule has 0 aliphatic carbocycles. The van der Waals surface area contributed by atoms with Crippen LogP contribution in [0.1, 0.15) is 534 Å². The smallest absolute Gasteiger partial charge is 0.0586 e. The van der Waals surface area contributed by atoms with Gasteiger partial charge in [0.2, 0.25) is 0 Å². The molecule has 0 aromatic rings. The summed E-state index contributed by atoms with van der Waals surface area (Å²) in [6, 6.07) is 0. The molecule has 0 atom stereocenters. The molecule has 0 fully saturated rings. The third kappa shape index (κ3) is 107. The molecule has 0 N–H and O–H groups in total. The Balaban J connectivity index is -0.000000854. The van der Waals surface area contributed by atoms with Crippen molar-refractivity contribution in [2.24, 2.45) is 0 Å². The highest BCUT2D eigenvalue weighted by Crippen LogP contribution is 2.48. The fourth-order valence-electron chi connectivity index (χ4n) is 14.9. The largest absolute Gasteiger partial charge is 1.00 e. The fourth-order valence-corrected chi connectivity index (χ4v) is 17.3. The van der Waals surface area contributed by atoms with Gasteiger partial charge < -0.3 is 24.8 Å². The molecule has 0 nitrogen and oxygen atoms in total. The Bertz CT molecular complexity index is 1260. The molecule has 0 amide bonds. The van der Waals surface area contributed by atoms with E-state index in [1.54, 1.807) is 0 Å².